The number of nitrogens with zero attached hydrogens (tertiary/aromatic N) is 2. The zero-order valence-electron chi connectivity index (χ0n) is 15.5. The predicted molar refractivity (Wildman–Crippen MR) is 102 cm³/mol. The third kappa shape index (κ3) is 4.07. The summed E-state index contributed by atoms with van der Waals surface area (Å²) in [6.07, 6.45) is 5.82. The van der Waals surface area contributed by atoms with E-state index in [2.05, 4.69) is 22.1 Å². The van der Waals surface area contributed by atoms with Crippen LogP contribution in [0.2, 0.25) is 0 Å². The highest BCUT2D eigenvalue weighted by Gasteiger charge is 2.18. The summed E-state index contributed by atoms with van der Waals surface area (Å²) in [5, 5.41) is 2.89. The first-order valence-electron chi connectivity index (χ1n) is 8.84. The maximum absolute atomic E-state index is 12.7. The number of hydrogen-bond donors (Lipinski definition) is 1. The summed E-state index contributed by atoms with van der Waals surface area (Å²) >= 11 is 0. The number of amides is 1. The molecule has 2 aromatic rings. The molecule has 138 valence electrons. The van der Waals surface area contributed by atoms with Crippen molar-refractivity contribution < 1.29 is 14.3 Å². The molecule has 1 atom stereocenters. The molecule has 1 aromatic carbocycles. The molecule has 1 unspecified atom stereocenters. The monoisotopic (exact) mass is 355 g/mol. The van der Waals surface area contributed by atoms with Gasteiger partial charge >= 0.3 is 0 Å². The van der Waals surface area contributed by atoms with Gasteiger partial charge in [-0.1, -0.05) is 6.92 Å². The van der Waals surface area contributed by atoms with Gasteiger partial charge in [-0.2, -0.15) is 0 Å². The van der Waals surface area contributed by atoms with Gasteiger partial charge in [0.25, 0.3) is 5.91 Å². The molecule has 2 heterocycles. The van der Waals surface area contributed by atoms with Crippen molar-refractivity contribution in [1.82, 2.24) is 4.98 Å². The van der Waals surface area contributed by atoms with Crippen molar-refractivity contribution >= 4 is 17.3 Å². The molecule has 6 heteroatoms. The Labute approximate surface area is 154 Å². The second-order valence-electron chi connectivity index (χ2n) is 6.65. The number of anilines is 2. The van der Waals surface area contributed by atoms with E-state index in [1.807, 2.05) is 12.3 Å². The van der Waals surface area contributed by atoms with Gasteiger partial charge in [0, 0.05) is 25.4 Å². The van der Waals surface area contributed by atoms with Crippen LogP contribution in [0.3, 0.4) is 0 Å². The minimum atomic E-state index is -0.226. The summed E-state index contributed by atoms with van der Waals surface area (Å²) < 4.78 is 10.5. The Hall–Kier alpha value is -2.76. The first-order chi connectivity index (χ1) is 12.6. The number of ether oxygens (including phenoxy) is 2. The summed E-state index contributed by atoms with van der Waals surface area (Å²) in [6, 6.07) is 7.18. The van der Waals surface area contributed by atoms with Crippen LogP contribution in [0.15, 0.2) is 36.7 Å². The number of rotatable bonds is 5. The van der Waals surface area contributed by atoms with E-state index in [4.69, 9.17) is 9.47 Å². The van der Waals surface area contributed by atoms with Crippen LogP contribution >= 0.6 is 0 Å². The van der Waals surface area contributed by atoms with Gasteiger partial charge in [-0.25, -0.2) is 0 Å². The highest BCUT2D eigenvalue weighted by molar-refractivity contribution is 6.05. The fourth-order valence-electron chi connectivity index (χ4n) is 3.26. The summed E-state index contributed by atoms with van der Waals surface area (Å²) in [7, 11) is 3.15. The average Bonchev–Trinajstić information content (AvgIpc) is 2.68. The van der Waals surface area contributed by atoms with Crippen molar-refractivity contribution in [2.45, 2.75) is 19.8 Å². The van der Waals surface area contributed by atoms with E-state index >= 15 is 0 Å². The summed E-state index contributed by atoms with van der Waals surface area (Å²) in [5.41, 5.74) is 2.07. The molecule has 0 bridgehead atoms. The first-order valence-corrected chi connectivity index (χ1v) is 8.84. The van der Waals surface area contributed by atoms with E-state index in [9.17, 15) is 4.79 Å². The van der Waals surface area contributed by atoms with Gasteiger partial charge in [-0.15, -0.1) is 0 Å². The molecule has 0 saturated carbocycles. The minimum absolute atomic E-state index is 0.226. The lowest BCUT2D eigenvalue weighted by Crippen LogP contribution is -2.34. The van der Waals surface area contributed by atoms with Crippen molar-refractivity contribution in [3.63, 3.8) is 0 Å². The van der Waals surface area contributed by atoms with Gasteiger partial charge < -0.3 is 19.7 Å². The molecule has 6 nitrogen and oxygen atoms in total. The third-order valence-corrected chi connectivity index (χ3v) is 4.66. The van der Waals surface area contributed by atoms with E-state index in [1.54, 1.807) is 38.6 Å². The Morgan fingerprint density at radius 3 is 2.81 bits per heavy atom. The lowest BCUT2D eigenvalue weighted by Gasteiger charge is -2.32. The number of carbonyl (C=O) groups is 1. The number of hydrogen-bond acceptors (Lipinski definition) is 5. The molecule has 1 aromatic heterocycles. The van der Waals surface area contributed by atoms with Crippen LogP contribution in [0.5, 0.6) is 11.5 Å². The molecule has 1 aliphatic rings. The van der Waals surface area contributed by atoms with Crippen LogP contribution in [0.1, 0.15) is 30.1 Å². The molecule has 0 aliphatic carbocycles. The average molecular weight is 355 g/mol. The van der Waals surface area contributed by atoms with E-state index in [1.165, 1.54) is 12.8 Å². The zero-order valence-corrected chi connectivity index (χ0v) is 15.5. The van der Waals surface area contributed by atoms with Crippen molar-refractivity contribution in [1.29, 1.82) is 0 Å². The lowest BCUT2D eigenvalue weighted by molar-refractivity contribution is 0.102. The molecular weight excluding hydrogens is 330 g/mol. The minimum Gasteiger partial charge on any atom is -0.497 e. The molecule has 1 amide bonds. The second kappa shape index (κ2) is 8.08. The molecule has 1 saturated heterocycles. The molecule has 1 aliphatic heterocycles. The van der Waals surface area contributed by atoms with E-state index < -0.39 is 0 Å². The fourth-order valence-corrected chi connectivity index (χ4v) is 3.26. The van der Waals surface area contributed by atoms with Gasteiger partial charge in [-0.05, 0) is 37.0 Å². The topological polar surface area (TPSA) is 63.7 Å². The molecule has 0 radical (unpaired) electrons. The van der Waals surface area contributed by atoms with Crippen molar-refractivity contribution in [3.05, 3.63) is 42.2 Å². The van der Waals surface area contributed by atoms with E-state index in [0.29, 0.717) is 28.7 Å². The SMILES string of the molecule is COc1ccc(OC)c(NC(=O)c2cncc(N3CCCC(C)C3)c2)c1. The van der Waals surface area contributed by atoms with E-state index in [0.717, 1.165) is 18.8 Å². The highest BCUT2D eigenvalue weighted by Crippen LogP contribution is 2.29. The normalized spacial score (nSPS) is 16.9. The zero-order chi connectivity index (χ0) is 18.5. The largest absolute Gasteiger partial charge is 0.497 e. The first kappa shape index (κ1) is 18.0. The number of methoxy groups -OCH3 is 2. The number of nitrogens with one attached hydrogen (secondary N) is 1. The predicted octanol–water partition coefficient (Wildman–Crippen LogP) is 3.59. The van der Waals surface area contributed by atoms with Crippen LogP contribution in [0.25, 0.3) is 0 Å². The van der Waals surface area contributed by atoms with Gasteiger partial charge in [0.15, 0.2) is 0 Å². The summed E-state index contributed by atoms with van der Waals surface area (Å²) in [4.78, 5) is 19.3. The molecule has 1 fully saturated rings. The fraction of sp³-hybridized carbons (Fsp3) is 0.400. The van der Waals surface area contributed by atoms with Gasteiger partial charge in [-0.3, -0.25) is 9.78 Å². The van der Waals surface area contributed by atoms with Gasteiger partial charge in [0.05, 0.1) is 37.4 Å². The number of carbonyl (C=O) groups excluding carboxylic acids is 1. The van der Waals surface area contributed by atoms with Crippen molar-refractivity contribution in [2.24, 2.45) is 5.92 Å². The maximum atomic E-state index is 12.7. The molecule has 1 N–H and O–H groups in total. The van der Waals surface area contributed by atoms with Crippen molar-refractivity contribution in [2.75, 3.05) is 37.5 Å². The van der Waals surface area contributed by atoms with Crippen LogP contribution in [0.4, 0.5) is 11.4 Å². The Morgan fingerprint density at radius 2 is 2.08 bits per heavy atom. The van der Waals surface area contributed by atoms with Crippen LogP contribution in [-0.4, -0.2) is 38.2 Å². The quantitative estimate of drug-likeness (QED) is 0.888. The standard InChI is InChI=1S/C20H25N3O3/c1-14-5-4-8-23(13-14)16-9-15(11-21-12-16)20(24)22-18-10-17(25-2)6-7-19(18)26-3/h6-7,9-12,14H,4-5,8,13H2,1-3H3,(H,22,24). The molecule has 3 rings (SSSR count). The third-order valence-electron chi connectivity index (χ3n) is 4.66. The number of piperidine rings is 1. The Bertz CT molecular complexity index is 779. The van der Waals surface area contributed by atoms with Crippen LogP contribution < -0.4 is 19.7 Å². The molecular formula is C20H25N3O3. The smallest absolute Gasteiger partial charge is 0.257 e. The lowest BCUT2D eigenvalue weighted by atomic mass is 10.00. The molecule has 26 heavy (non-hydrogen) atoms. The maximum Gasteiger partial charge on any atom is 0.257 e. The second-order valence-corrected chi connectivity index (χ2v) is 6.65. The number of pyridine rings is 1. The van der Waals surface area contributed by atoms with Crippen LogP contribution in [0, 0.1) is 5.92 Å². The highest BCUT2D eigenvalue weighted by atomic mass is 16.5. The number of aromatic nitrogens is 1. The summed E-state index contributed by atoms with van der Waals surface area (Å²) in [5.74, 6) is 1.65. The van der Waals surface area contributed by atoms with E-state index in [-0.39, 0.29) is 5.91 Å². The summed E-state index contributed by atoms with van der Waals surface area (Å²) in [6.45, 7) is 4.25. The van der Waals surface area contributed by atoms with Crippen LogP contribution in [-0.2, 0) is 0 Å². The Morgan fingerprint density at radius 1 is 1.23 bits per heavy atom. The van der Waals surface area contributed by atoms with Crippen molar-refractivity contribution in [3.8, 4) is 11.5 Å². The number of benzene rings is 1. The molecule has 0 spiro atoms. The van der Waals surface area contributed by atoms with Gasteiger partial charge in [0.1, 0.15) is 11.5 Å². The Balaban J connectivity index is 1.79. The van der Waals surface area contributed by atoms with Gasteiger partial charge in [0.2, 0.25) is 0 Å². The Kier molecular flexibility index (Phi) is 5.61.